The fourth-order valence-electron chi connectivity index (χ4n) is 2.09. The predicted octanol–water partition coefficient (Wildman–Crippen LogP) is 1.92. The summed E-state index contributed by atoms with van der Waals surface area (Å²) in [4.78, 5) is 45.1. The van der Waals surface area contributed by atoms with E-state index in [4.69, 9.17) is 22.1 Å². The van der Waals surface area contributed by atoms with E-state index in [0.29, 0.717) is 10.8 Å². The summed E-state index contributed by atoms with van der Waals surface area (Å²) in [5.41, 5.74) is 5.61. The lowest BCUT2D eigenvalue weighted by Gasteiger charge is -2.22. The zero-order valence-electron chi connectivity index (χ0n) is 14.4. The number of carbonyl (C=O) groups is 3. The summed E-state index contributed by atoms with van der Waals surface area (Å²) in [6, 6.07) is 8.69. The molecular formula is C17H17ClN4O4S. The van der Waals surface area contributed by atoms with E-state index in [1.54, 1.807) is 36.6 Å². The molecule has 1 aromatic carbocycles. The van der Waals surface area contributed by atoms with Gasteiger partial charge in [-0.1, -0.05) is 41.6 Å². The number of hydrogen-bond donors (Lipinski definition) is 1. The second kappa shape index (κ2) is 9.89. The average molecular weight is 409 g/mol. The quantitative estimate of drug-likeness (QED) is 0.403. The number of thioether (sulfide) groups is 1. The Morgan fingerprint density at radius 3 is 2.59 bits per heavy atom. The van der Waals surface area contributed by atoms with Gasteiger partial charge in [-0.2, -0.15) is 0 Å². The lowest BCUT2D eigenvalue weighted by atomic mass is 10.2. The summed E-state index contributed by atoms with van der Waals surface area (Å²) in [5, 5.41) is 0.379. The standard InChI is InChI=1S/C17H17ClN4O4S/c1-27-17-20-9-12(18)15(21-17)16(25)26-10-14(24)22(8-7-13(19)23)11-5-3-2-4-6-11/h2-6,9H,7-8,10H2,1H3,(H2,19,23). The highest BCUT2D eigenvalue weighted by Crippen LogP contribution is 2.18. The third-order valence-corrected chi connectivity index (χ3v) is 4.21. The van der Waals surface area contributed by atoms with E-state index in [-0.39, 0.29) is 23.7 Å². The minimum atomic E-state index is -0.839. The molecule has 0 aliphatic rings. The molecule has 0 aliphatic heterocycles. The van der Waals surface area contributed by atoms with Crippen molar-refractivity contribution < 1.29 is 19.1 Å². The third-order valence-electron chi connectivity index (χ3n) is 3.38. The molecule has 8 nitrogen and oxygen atoms in total. The number of halogens is 1. The van der Waals surface area contributed by atoms with Gasteiger partial charge in [0.15, 0.2) is 17.5 Å². The lowest BCUT2D eigenvalue weighted by molar-refractivity contribution is -0.121. The number of benzene rings is 1. The molecule has 0 aliphatic carbocycles. The van der Waals surface area contributed by atoms with Crippen LogP contribution in [0.15, 0.2) is 41.7 Å². The molecule has 0 saturated carbocycles. The Hall–Kier alpha value is -2.65. The second-order valence-corrected chi connectivity index (χ2v) is 6.41. The minimum Gasteiger partial charge on any atom is -0.451 e. The molecule has 0 spiro atoms. The van der Waals surface area contributed by atoms with Gasteiger partial charge >= 0.3 is 5.97 Å². The maximum absolute atomic E-state index is 12.5. The summed E-state index contributed by atoms with van der Waals surface area (Å²) >= 11 is 7.16. The van der Waals surface area contributed by atoms with Crippen molar-refractivity contribution in [2.45, 2.75) is 11.6 Å². The molecule has 2 amide bonds. The van der Waals surface area contributed by atoms with Gasteiger partial charge in [-0.15, -0.1) is 0 Å². The van der Waals surface area contributed by atoms with E-state index >= 15 is 0 Å². The van der Waals surface area contributed by atoms with E-state index in [0.717, 1.165) is 0 Å². The number of amides is 2. The van der Waals surface area contributed by atoms with Crippen LogP contribution in [0.4, 0.5) is 5.69 Å². The lowest BCUT2D eigenvalue weighted by Crippen LogP contribution is -2.37. The van der Waals surface area contributed by atoms with Gasteiger partial charge in [0.1, 0.15) is 0 Å². The van der Waals surface area contributed by atoms with Crippen LogP contribution in [0, 0.1) is 0 Å². The third kappa shape index (κ3) is 5.93. The summed E-state index contributed by atoms with van der Waals surface area (Å²) in [6.07, 6.45) is 3.02. The van der Waals surface area contributed by atoms with Crippen molar-refractivity contribution in [3.05, 3.63) is 47.2 Å². The van der Waals surface area contributed by atoms with Crippen LogP contribution in [-0.2, 0) is 14.3 Å². The number of nitrogens with zero attached hydrogens (tertiary/aromatic N) is 3. The molecule has 2 N–H and O–H groups in total. The highest BCUT2D eigenvalue weighted by atomic mass is 35.5. The summed E-state index contributed by atoms with van der Waals surface area (Å²) in [7, 11) is 0. The number of aromatic nitrogens is 2. The van der Waals surface area contributed by atoms with Crippen LogP contribution in [0.3, 0.4) is 0 Å². The SMILES string of the molecule is CSc1ncc(Cl)c(C(=O)OCC(=O)N(CCC(N)=O)c2ccccc2)n1. The van der Waals surface area contributed by atoms with Crippen molar-refractivity contribution in [1.82, 2.24) is 9.97 Å². The van der Waals surface area contributed by atoms with Crippen LogP contribution in [0.2, 0.25) is 5.02 Å². The van der Waals surface area contributed by atoms with E-state index in [2.05, 4.69) is 9.97 Å². The van der Waals surface area contributed by atoms with Gasteiger partial charge in [-0.3, -0.25) is 9.59 Å². The molecule has 0 unspecified atom stereocenters. The fraction of sp³-hybridized carbons (Fsp3) is 0.235. The number of ether oxygens (including phenoxy) is 1. The zero-order valence-corrected chi connectivity index (χ0v) is 16.0. The van der Waals surface area contributed by atoms with Gasteiger partial charge in [0.2, 0.25) is 5.91 Å². The fourth-order valence-corrected chi connectivity index (χ4v) is 2.60. The molecule has 1 heterocycles. The first-order valence-electron chi connectivity index (χ1n) is 7.79. The van der Waals surface area contributed by atoms with Crippen molar-refractivity contribution in [3.8, 4) is 0 Å². The number of nitrogens with two attached hydrogens (primary N) is 1. The van der Waals surface area contributed by atoms with E-state index < -0.39 is 24.4 Å². The molecule has 142 valence electrons. The molecule has 1 aromatic heterocycles. The van der Waals surface area contributed by atoms with Crippen LogP contribution in [0.5, 0.6) is 0 Å². The van der Waals surface area contributed by atoms with Crippen LogP contribution in [0.25, 0.3) is 0 Å². The Morgan fingerprint density at radius 2 is 1.96 bits per heavy atom. The van der Waals surface area contributed by atoms with E-state index in [1.165, 1.54) is 22.9 Å². The van der Waals surface area contributed by atoms with Crippen molar-refractivity contribution >= 4 is 46.8 Å². The highest BCUT2D eigenvalue weighted by molar-refractivity contribution is 7.98. The normalized spacial score (nSPS) is 10.3. The first-order valence-corrected chi connectivity index (χ1v) is 9.40. The summed E-state index contributed by atoms with van der Waals surface area (Å²) in [5.74, 6) is -1.89. The van der Waals surface area contributed by atoms with Gasteiger partial charge < -0.3 is 15.4 Å². The Labute approximate surface area is 165 Å². The summed E-state index contributed by atoms with van der Waals surface area (Å²) in [6.45, 7) is -0.470. The van der Waals surface area contributed by atoms with Crippen LogP contribution < -0.4 is 10.6 Å². The largest absolute Gasteiger partial charge is 0.451 e. The van der Waals surface area contributed by atoms with Gasteiger partial charge in [0, 0.05) is 18.7 Å². The topological polar surface area (TPSA) is 115 Å². The second-order valence-electron chi connectivity index (χ2n) is 5.23. The first-order chi connectivity index (χ1) is 12.9. The zero-order chi connectivity index (χ0) is 19.8. The van der Waals surface area contributed by atoms with Crippen LogP contribution >= 0.6 is 23.4 Å². The van der Waals surface area contributed by atoms with Gasteiger partial charge in [-0.05, 0) is 18.4 Å². The number of para-hydroxylation sites is 1. The highest BCUT2D eigenvalue weighted by Gasteiger charge is 2.21. The Morgan fingerprint density at radius 1 is 1.26 bits per heavy atom. The molecule has 10 heteroatoms. The maximum Gasteiger partial charge on any atom is 0.359 e. The maximum atomic E-state index is 12.5. The number of anilines is 1. The van der Waals surface area contributed by atoms with Gasteiger partial charge in [-0.25, -0.2) is 14.8 Å². The van der Waals surface area contributed by atoms with Crippen molar-refractivity contribution in [1.29, 1.82) is 0 Å². The molecule has 0 bridgehead atoms. The average Bonchev–Trinajstić information content (AvgIpc) is 2.67. The van der Waals surface area contributed by atoms with E-state index in [9.17, 15) is 14.4 Å². The Kier molecular flexibility index (Phi) is 7.56. The predicted molar refractivity (Wildman–Crippen MR) is 102 cm³/mol. The molecule has 2 rings (SSSR count). The minimum absolute atomic E-state index is 0.0244. The number of carbonyl (C=O) groups excluding carboxylic acids is 3. The molecule has 0 atom stereocenters. The monoisotopic (exact) mass is 408 g/mol. The van der Waals surface area contributed by atoms with Crippen LogP contribution in [0.1, 0.15) is 16.9 Å². The molecule has 2 aromatic rings. The molecule has 0 fully saturated rings. The van der Waals surface area contributed by atoms with Crippen molar-refractivity contribution in [3.63, 3.8) is 0 Å². The number of rotatable bonds is 8. The number of esters is 1. The number of primary amides is 1. The molecule has 0 saturated heterocycles. The van der Waals surface area contributed by atoms with Crippen LogP contribution in [-0.4, -0.2) is 47.2 Å². The molecule has 0 radical (unpaired) electrons. The Balaban J connectivity index is 2.08. The van der Waals surface area contributed by atoms with Crippen molar-refractivity contribution in [2.24, 2.45) is 5.73 Å². The molecule has 27 heavy (non-hydrogen) atoms. The van der Waals surface area contributed by atoms with Crippen molar-refractivity contribution in [2.75, 3.05) is 24.3 Å². The summed E-state index contributed by atoms with van der Waals surface area (Å²) < 4.78 is 5.05. The smallest absolute Gasteiger partial charge is 0.359 e. The van der Waals surface area contributed by atoms with Gasteiger partial charge in [0.25, 0.3) is 5.91 Å². The number of hydrogen-bond acceptors (Lipinski definition) is 7. The first kappa shape index (κ1) is 20.7. The van der Waals surface area contributed by atoms with E-state index in [1.807, 2.05) is 0 Å². The molecular weight excluding hydrogens is 392 g/mol. The Bertz CT molecular complexity index is 835. The van der Waals surface area contributed by atoms with Gasteiger partial charge in [0.05, 0.1) is 11.2 Å².